The van der Waals surface area contributed by atoms with E-state index in [2.05, 4.69) is 21.6 Å². The summed E-state index contributed by atoms with van der Waals surface area (Å²) in [6.45, 7) is 1.52. The molecule has 1 aromatic carbocycles. The molecule has 2 aliphatic rings. The summed E-state index contributed by atoms with van der Waals surface area (Å²) in [5.41, 5.74) is 1.21. The van der Waals surface area contributed by atoms with Crippen molar-refractivity contribution in [1.29, 1.82) is 0 Å². The maximum atomic E-state index is 5.80. The quantitative estimate of drug-likeness (QED) is 0.911. The van der Waals surface area contributed by atoms with E-state index < -0.39 is 0 Å². The van der Waals surface area contributed by atoms with Crippen molar-refractivity contribution in [2.75, 3.05) is 13.2 Å². The van der Waals surface area contributed by atoms with Gasteiger partial charge in [0.25, 0.3) is 0 Å². The Morgan fingerprint density at radius 1 is 1.19 bits per heavy atom. The molecule has 0 spiro atoms. The number of hydrogen-bond acceptors (Lipinski definition) is 5. The predicted octanol–water partition coefficient (Wildman–Crippen LogP) is 2.08. The average molecular weight is 285 g/mol. The van der Waals surface area contributed by atoms with Crippen molar-refractivity contribution in [3.63, 3.8) is 0 Å². The highest BCUT2D eigenvalue weighted by molar-refractivity contribution is 5.36. The Morgan fingerprint density at radius 3 is 3.00 bits per heavy atom. The Kier molecular flexibility index (Phi) is 3.35. The minimum Gasteiger partial charge on any atom is -0.492 e. The van der Waals surface area contributed by atoms with Gasteiger partial charge in [0, 0.05) is 19.0 Å². The Labute approximate surface area is 123 Å². The normalized spacial score (nSPS) is 20.9. The number of hydrogen-bond donors (Lipinski definition) is 1. The van der Waals surface area contributed by atoms with Crippen LogP contribution in [0, 0.1) is 0 Å². The Hall–Kier alpha value is -1.88. The van der Waals surface area contributed by atoms with Crippen molar-refractivity contribution in [2.24, 2.45) is 0 Å². The van der Waals surface area contributed by atoms with Crippen LogP contribution < -0.4 is 10.1 Å². The SMILES string of the molecule is c1ccc2c(c1)CC(c1nnc(CCNC3CC3)o1)CO2. The van der Waals surface area contributed by atoms with Gasteiger partial charge in [0.05, 0.1) is 5.92 Å². The van der Waals surface area contributed by atoms with Crippen LogP contribution in [-0.2, 0) is 12.8 Å². The first kappa shape index (κ1) is 12.8. The molecule has 4 rings (SSSR count). The molecule has 5 heteroatoms. The molecule has 1 atom stereocenters. The fourth-order valence-electron chi connectivity index (χ4n) is 2.69. The summed E-state index contributed by atoms with van der Waals surface area (Å²) < 4.78 is 11.6. The zero-order valence-corrected chi connectivity index (χ0v) is 11.9. The summed E-state index contributed by atoms with van der Waals surface area (Å²) in [6.07, 6.45) is 4.30. The van der Waals surface area contributed by atoms with Crippen LogP contribution in [0.4, 0.5) is 0 Å². The molecule has 21 heavy (non-hydrogen) atoms. The van der Waals surface area contributed by atoms with Gasteiger partial charge in [-0.1, -0.05) is 18.2 Å². The van der Waals surface area contributed by atoms with E-state index in [-0.39, 0.29) is 5.92 Å². The van der Waals surface area contributed by atoms with Gasteiger partial charge in [-0.3, -0.25) is 0 Å². The van der Waals surface area contributed by atoms with Crippen LogP contribution in [0.3, 0.4) is 0 Å². The van der Waals surface area contributed by atoms with E-state index in [0.717, 1.165) is 37.1 Å². The number of benzene rings is 1. The molecule has 1 aromatic heterocycles. The fraction of sp³-hybridized carbons (Fsp3) is 0.500. The van der Waals surface area contributed by atoms with Gasteiger partial charge in [0.2, 0.25) is 11.8 Å². The lowest BCUT2D eigenvalue weighted by Crippen LogP contribution is -2.19. The van der Waals surface area contributed by atoms with E-state index in [1.165, 1.54) is 18.4 Å². The minimum absolute atomic E-state index is 0.164. The molecule has 5 nitrogen and oxygen atoms in total. The standard InChI is InChI=1S/C16H19N3O2/c1-2-4-14-11(3-1)9-12(10-20-14)16-19-18-15(21-16)7-8-17-13-5-6-13/h1-4,12-13,17H,5-10H2. The van der Waals surface area contributed by atoms with Crippen LogP contribution in [0.2, 0.25) is 0 Å². The Bertz CT molecular complexity index is 621. The lowest BCUT2D eigenvalue weighted by atomic mass is 9.97. The number of nitrogens with zero attached hydrogens (tertiary/aromatic N) is 2. The molecule has 0 bridgehead atoms. The third-order valence-corrected chi connectivity index (χ3v) is 4.06. The smallest absolute Gasteiger partial charge is 0.223 e. The number of fused-ring (bicyclic) bond motifs is 1. The van der Waals surface area contributed by atoms with Crippen LogP contribution in [0.5, 0.6) is 5.75 Å². The van der Waals surface area contributed by atoms with Gasteiger partial charge in [0.15, 0.2) is 0 Å². The maximum absolute atomic E-state index is 5.80. The van der Waals surface area contributed by atoms with Gasteiger partial charge in [-0.2, -0.15) is 0 Å². The van der Waals surface area contributed by atoms with E-state index >= 15 is 0 Å². The molecule has 2 heterocycles. The van der Waals surface area contributed by atoms with Gasteiger partial charge < -0.3 is 14.5 Å². The molecule has 110 valence electrons. The van der Waals surface area contributed by atoms with E-state index in [1.54, 1.807) is 0 Å². The maximum Gasteiger partial charge on any atom is 0.223 e. The van der Waals surface area contributed by atoms with Gasteiger partial charge >= 0.3 is 0 Å². The monoisotopic (exact) mass is 285 g/mol. The number of rotatable bonds is 5. The van der Waals surface area contributed by atoms with E-state index in [1.807, 2.05) is 18.2 Å². The first-order valence-corrected chi connectivity index (χ1v) is 7.65. The van der Waals surface area contributed by atoms with Crippen molar-refractivity contribution < 1.29 is 9.15 Å². The zero-order valence-electron chi connectivity index (χ0n) is 11.9. The van der Waals surface area contributed by atoms with Crippen molar-refractivity contribution in [1.82, 2.24) is 15.5 Å². The number of nitrogens with one attached hydrogen (secondary N) is 1. The number of ether oxygens (including phenoxy) is 1. The van der Waals surface area contributed by atoms with Gasteiger partial charge in [-0.05, 0) is 30.9 Å². The highest BCUT2D eigenvalue weighted by atomic mass is 16.5. The van der Waals surface area contributed by atoms with Crippen LogP contribution in [0.1, 0.15) is 36.1 Å². The highest BCUT2D eigenvalue weighted by Gasteiger charge is 2.26. The zero-order chi connectivity index (χ0) is 14.1. The molecule has 1 aliphatic heterocycles. The third-order valence-electron chi connectivity index (χ3n) is 4.06. The minimum atomic E-state index is 0.164. The lowest BCUT2D eigenvalue weighted by molar-refractivity contribution is 0.239. The van der Waals surface area contributed by atoms with E-state index in [0.29, 0.717) is 12.5 Å². The molecule has 1 N–H and O–H groups in total. The summed E-state index contributed by atoms with van der Waals surface area (Å²) in [5.74, 6) is 2.56. The summed E-state index contributed by atoms with van der Waals surface area (Å²) in [7, 11) is 0. The predicted molar refractivity (Wildman–Crippen MR) is 77.4 cm³/mol. The second-order valence-electron chi connectivity index (χ2n) is 5.83. The summed E-state index contributed by atoms with van der Waals surface area (Å²) in [4.78, 5) is 0. The molecule has 1 aliphatic carbocycles. The molecule has 1 fully saturated rings. The molecule has 2 aromatic rings. The van der Waals surface area contributed by atoms with Gasteiger partial charge in [0.1, 0.15) is 12.4 Å². The van der Waals surface area contributed by atoms with Crippen LogP contribution in [0.25, 0.3) is 0 Å². The molecular formula is C16H19N3O2. The van der Waals surface area contributed by atoms with Crippen molar-refractivity contribution in [3.05, 3.63) is 41.6 Å². The van der Waals surface area contributed by atoms with Crippen molar-refractivity contribution >= 4 is 0 Å². The first-order valence-electron chi connectivity index (χ1n) is 7.65. The van der Waals surface area contributed by atoms with Crippen LogP contribution in [0.15, 0.2) is 28.7 Å². The molecule has 0 amide bonds. The fourth-order valence-corrected chi connectivity index (χ4v) is 2.69. The Balaban J connectivity index is 1.39. The molecular weight excluding hydrogens is 266 g/mol. The lowest BCUT2D eigenvalue weighted by Gasteiger charge is -2.22. The van der Waals surface area contributed by atoms with E-state index in [9.17, 15) is 0 Å². The molecule has 0 saturated heterocycles. The van der Waals surface area contributed by atoms with Crippen LogP contribution in [-0.4, -0.2) is 29.4 Å². The van der Waals surface area contributed by atoms with E-state index in [4.69, 9.17) is 9.15 Å². The van der Waals surface area contributed by atoms with Crippen LogP contribution >= 0.6 is 0 Å². The number of aromatic nitrogens is 2. The topological polar surface area (TPSA) is 60.2 Å². The largest absolute Gasteiger partial charge is 0.492 e. The average Bonchev–Trinajstić information content (AvgIpc) is 3.23. The second-order valence-corrected chi connectivity index (χ2v) is 5.83. The van der Waals surface area contributed by atoms with Crippen molar-refractivity contribution in [3.8, 4) is 5.75 Å². The summed E-state index contributed by atoms with van der Waals surface area (Å²) in [5, 5.41) is 11.8. The number of para-hydroxylation sites is 1. The van der Waals surface area contributed by atoms with Gasteiger partial charge in [-0.25, -0.2) is 0 Å². The molecule has 1 unspecified atom stereocenters. The summed E-state index contributed by atoms with van der Waals surface area (Å²) in [6, 6.07) is 8.85. The Morgan fingerprint density at radius 2 is 2.10 bits per heavy atom. The summed E-state index contributed by atoms with van der Waals surface area (Å²) >= 11 is 0. The molecule has 0 radical (unpaired) electrons. The second kappa shape index (κ2) is 5.48. The third kappa shape index (κ3) is 2.93. The van der Waals surface area contributed by atoms with Crippen molar-refractivity contribution in [2.45, 2.75) is 37.6 Å². The first-order chi connectivity index (χ1) is 10.4. The molecule has 1 saturated carbocycles. The van der Waals surface area contributed by atoms with Gasteiger partial charge in [-0.15, -0.1) is 10.2 Å². The highest BCUT2D eigenvalue weighted by Crippen LogP contribution is 2.31.